The highest BCUT2D eigenvalue weighted by Gasteiger charge is 2.00. The molecule has 29 heavy (non-hydrogen) atoms. The highest BCUT2D eigenvalue weighted by Crippen LogP contribution is 2.17. The fourth-order valence-electron chi connectivity index (χ4n) is 3.11. The number of nitrogens with zero attached hydrogens (tertiary/aromatic N) is 2. The number of hydrogen-bond acceptors (Lipinski definition) is 4. The summed E-state index contributed by atoms with van der Waals surface area (Å²) in [7, 11) is 0. The Labute approximate surface area is 171 Å². The Kier molecular flexibility index (Phi) is 6.13. The molecule has 0 fully saturated rings. The van der Waals surface area contributed by atoms with Gasteiger partial charge in [-0.2, -0.15) is 0 Å². The van der Waals surface area contributed by atoms with Crippen molar-refractivity contribution in [1.29, 1.82) is 0 Å². The van der Waals surface area contributed by atoms with Gasteiger partial charge in [0, 0.05) is 23.8 Å². The maximum absolute atomic E-state index is 4.33. The first-order valence-electron chi connectivity index (χ1n) is 9.81. The van der Waals surface area contributed by atoms with Crippen LogP contribution in [0.1, 0.15) is 22.5 Å². The minimum atomic E-state index is 0.729. The molecule has 0 atom stereocenters. The molecule has 0 saturated heterocycles. The van der Waals surface area contributed by atoms with Crippen molar-refractivity contribution in [1.82, 2.24) is 9.97 Å². The number of rotatable bonds is 8. The van der Waals surface area contributed by atoms with E-state index >= 15 is 0 Å². The van der Waals surface area contributed by atoms with Crippen molar-refractivity contribution in [3.63, 3.8) is 0 Å². The first-order valence-corrected chi connectivity index (χ1v) is 9.81. The van der Waals surface area contributed by atoms with Gasteiger partial charge in [-0.25, -0.2) is 0 Å². The third kappa shape index (κ3) is 5.66. The minimum absolute atomic E-state index is 0.729. The smallest absolute Gasteiger partial charge is 0.0594 e. The average molecular weight is 380 g/mol. The summed E-state index contributed by atoms with van der Waals surface area (Å²) >= 11 is 0. The molecule has 0 aliphatic carbocycles. The van der Waals surface area contributed by atoms with E-state index in [1.807, 2.05) is 48.8 Å². The number of pyridine rings is 2. The summed E-state index contributed by atoms with van der Waals surface area (Å²) in [6, 6.07) is 29.1. The van der Waals surface area contributed by atoms with Crippen LogP contribution in [0.15, 0.2) is 97.3 Å². The van der Waals surface area contributed by atoms with Crippen LogP contribution in [-0.2, 0) is 19.5 Å². The summed E-state index contributed by atoms with van der Waals surface area (Å²) in [5.41, 5.74) is 6.87. The molecule has 0 radical (unpaired) electrons. The molecular weight excluding hydrogens is 356 g/mol. The molecule has 0 aliphatic rings. The zero-order valence-corrected chi connectivity index (χ0v) is 16.3. The monoisotopic (exact) mass is 380 g/mol. The largest absolute Gasteiger partial charge is 0.379 e. The zero-order chi connectivity index (χ0) is 19.7. The Hall–Kier alpha value is -3.66. The first-order chi connectivity index (χ1) is 14.3. The van der Waals surface area contributed by atoms with Crippen LogP contribution in [-0.4, -0.2) is 9.97 Å². The van der Waals surface area contributed by atoms with Crippen LogP contribution in [0, 0.1) is 0 Å². The number of benzene rings is 2. The molecule has 144 valence electrons. The molecule has 0 bridgehead atoms. The Morgan fingerprint density at radius 3 is 1.34 bits per heavy atom. The average Bonchev–Trinajstić information content (AvgIpc) is 2.80. The molecule has 0 aliphatic heterocycles. The standard InChI is InChI=1S/C25H24N4/c1-3-15-26-24(5-1)18-28-22-11-7-20(8-12-22)17-21-9-13-23(14-10-21)29-19-25-6-2-4-16-27-25/h1-16,28-29H,17-19H2. The van der Waals surface area contributed by atoms with Gasteiger partial charge in [-0.1, -0.05) is 36.4 Å². The van der Waals surface area contributed by atoms with E-state index in [1.165, 1.54) is 11.1 Å². The van der Waals surface area contributed by atoms with Crippen LogP contribution in [0.5, 0.6) is 0 Å². The van der Waals surface area contributed by atoms with Gasteiger partial charge in [-0.15, -0.1) is 0 Å². The maximum Gasteiger partial charge on any atom is 0.0594 e. The second-order valence-corrected chi connectivity index (χ2v) is 6.92. The molecule has 2 aromatic heterocycles. The SMILES string of the molecule is c1ccc(CNc2ccc(Cc3ccc(NCc4ccccn4)cc3)cc2)nc1. The van der Waals surface area contributed by atoms with Crippen LogP contribution >= 0.6 is 0 Å². The number of hydrogen-bond donors (Lipinski definition) is 2. The van der Waals surface area contributed by atoms with E-state index in [0.717, 1.165) is 42.3 Å². The van der Waals surface area contributed by atoms with Crippen LogP contribution in [0.3, 0.4) is 0 Å². The summed E-state index contributed by atoms with van der Waals surface area (Å²) < 4.78 is 0. The van der Waals surface area contributed by atoms with Crippen molar-refractivity contribution in [3.8, 4) is 0 Å². The lowest BCUT2D eigenvalue weighted by atomic mass is 10.0. The lowest BCUT2D eigenvalue weighted by molar-refractivity contribution is 1.04. The van der Waals surface area contributed by atoms with Crippen molar-refractivity contribution in [2.75, 3.05) is 10.6 Å². The van der Waals surface area contributed by atoms with Gasteiger partial charge < -0.3 is 10.6 Å². The van der Waals surface area contributed by atoms with Gasteiger partial charge in [0.05, 0.1) is 24.5 Å². The van der Waals surface area contributed by atoms with Crippen LogP contribution in [0.2, 0.25) is 0 Å². The number of anilines is 2. The molecule has 4 rings (SSSR count). The molecular formula is C25H24N4. The van der Waals surface area contributed by atoms with Crippen molar-refractivity contribution in [3.05, 3.63) is 120 Å². The van der Waals surface area contributed by atoms with Crippen molar-refractivity contribution in [2.45, 2.75) is 19.5 Å². The zero-order valence-electron chi connectivity index (χ0n) is 16.3. The molecule has 2 heterocycles. The van der Waals surface area contributed by atoms with Crippen molar-refractivity contribution in [2.24, 2.45) is 0 Å². The van der Waals surface area contributed by atoms with Gasteiger partial charge >= 0.3 is 0 Å². The summed E-state index contributed by atoms with van der Waals surface area (Å²) in [6.45, 7) is 1.46. The van der Waals surface area contributed by atoms with E-state index in [1.54, 1.807) is 0 Å². The van der Waals surface area contributed by atoms with Crippen molar-refractivity contribution < 1.29 is 0 Å². The van der Waals surface area contributed by atoms with Crippen LogP contribution in [0.25, 0.3) is 0 Å². The molecule has 0 spiro atoms. The summed E-state index contributed by atoms with van der Waals surface area (Å²) in [6.07, 6.45) is 4.56. The molecule has 0 unspecified atom stereocenters. The van der Waals surface area contributed by atoms with Crippen LogP contribution in [0.4, 0.5) is 11.4 Å². The van der Waals surface area contributed by atoms with E-state index in [4.69, 9.17) is 0 Å². The van der Waals surface area contributed by atoms with Gasteiger partial charge in [0.25, 0.3) is 0 Å². The summed E-state index contributed by atoms with van der Waals surface area (Å²) in [4.78, 5) is 8.67. The maximum atomic E-state index is 4.33. The molecule has 0 saturated carbocycles. The molecule has 0 amide bonds. The predicted molar refractivity (Wildman–Crippen MR) is 119 cm³/mol. The molecule has 4 heteroatoms. The second-order valence-electron chi connectivity index (χ2n) is 6.92. The third-order valence-corrected chi connectivity index (χ3v) is 4.72. The Balaban J connectivity index is 1.28. The van der Waals surface area contributed by atoms with E-state index < -0.39 is 0 Å². The Morgan fingerprint density at radius 2 is 0.966 bits per heavy atom. The van der Waals surface area contributed by atoms with Gasteiger partial charge in [0.1, 0.15) is 0 Å². The van der Waals surface area contributed by atoms with E-state index in [0.29, 0.717) is 0 Å². The highest BCUT2D eigenvalue weighted by molar-refractivity contribution is 5.48. The fourth-order valence-corrected chi connectivity index (χ4v) is 3.11. The Morgan fingerprint density at radius 1 is 0.517 bits per heavy atom. The molecule has 4 aromatic rings. The number of aromatic nitrogens is 2. The van der Waals surface area contributed by atoms with Gasteiger partial charge in [0.15, 0.2) is 0 Å². The fraction of sp³-hybridized carbons (Fsp3) is 0.120. The normalized spacial score (nSPS) is 10.5. The van der Waals surface area contributed by atoms with E-state index in [2.05, 4.69) is 69.1 Å². The second kappa shape index (κ2) is 9.51. The number of nitrogens with one attached hydrogen (secondary N) is 2. The van der Waals surface area contributed by atoms with Gasteiger partial charge in [-0.3, -0.25) is 9.97 Å². The summed E-state index contributed by atoms with van der Waals surface area (Å²) in [5, 5.41) is 6.82. The molecule has 2 N–H and O–H groups in total. The Bertz CT molecular complexity index is 913. The lowest BCUT2D eigenvalue weighted by Crippen LogP contribution is -2.01. The molecule has 2 aromatic carbocycles. The highest BCUT2D eigenvalue weighted by atomic mass is 14.9. The van der Waals surface area contributed by atoms with Gasteiger partial charge in [0.2, 0.25) is 0 Å². The van der Waals surface area contributed by atoms with E-state index in [9.17, 15) is 0 Å². The molecule has 4 nitrogen and oxygen atoms in total. The first kappa shape index (κ1) is 18.7. The quantitative estimate of drug-likeness (QED) is 0.436. The third-order valence-electron chi connectivity index (χ3n) is 4.72. The van der Waals surface area contributed by atoms with Crippen LogP contribution < -0.4 is 10.6 Å². The topological polar surface area (TPSA) is 49.8 Å². The van der Waals surface area contributed by atoms with Crippen molar-refractivity contribution >= 4 is 11.4 Å². The lowest BCUT2D eigenvalue weighted by Gasteiger charge is -2.09. The van der Waals surface area contributed by atoms with E-state index in [-0.39, 0.29) is 0 Å². The summed E-state index contributed by atoms with van der Waals surface area (Å²) in [5.74, 6) is 0. The predicted octanol–water partition coefficient (Wildman–Crippen LogP) is 5.29. The van der Waals surface area contributed by atoms with Gasteiger partial charge in [-0.05, 0) is 66.1 Å². The minimum Gasteiger partial charge on any atom is -0.379 e.